The predicted molar refractivity (Wildman–Crippen MR) is 114 cm³/mol. The van der Waals surface area contributed by atoms with E-state index in [1.807, 2.05) is 0 Å². The second-order valence-corrected chi connectivity index (χ2v) is 7.77. The zero-order chi connectivity index (χ0) is 23.0. The number of nitrogens with one attached hydrogen (secondary N) is 1. The molecular weight excluding hydrogens is 430 g/mol. The maximum absolute atomic E-state index is 15.0. The molecular formula is C22H21F4N3OS. The van der Waals surface area contributed by atoms with E-state index in [0.717, 1.165) is 24.2 Å². The molecule has 0 atom stereocenters. The van der Waals surface area contributed by atoms with Gasteiger partial charge in [-0.1, -0.05) is 55.3 Å². The van der Waals surface area contributed by atoms with Crippen molar-refractivity contribution in [1.82, 2.24) is 9.62 Å². The fourth-order valence-electron chi connectivity index (χ4n) is 2.73. The summed E-state index contributed by atoms with van der Waals surface area (Å²) in [5, 5.41) is 8.86. The number of carbonyl (C=O) groups is 1. The number of hydrogen-bond acceptors (Lipinski definition) is 4. The fraction of sp³-hybridized carbons (Fsp3) is 0.273. The van der Waals surface area contributed by atoms with Gasteiger partial charge >= 0.3 is 5.91 Å². The summed E-state index contributed by atoms with van der Waals surface area (Å²) in [5.74, 6) is -5.29. The van der Waals surface area contributed by atoms with Crippen molar-refractivity contribution in [2.75, 3.05) is 18.8 Å². The highest BCUT2D eigenvalue weighted by Crippen LogP contribution is 2.29. The number of amides is 1. The monoisotopic (exact) mass is 451 g/mol. The van der Waals surface area contributed by atoms with Crippen LogP contribution in [0.5, 0.6) is 0 Å². The van der Waals surface area contributed by atoms with Gasteiger partial charge in [0.15, 0.2) is 6.07 Å². The maximum Gasteiger partial charge on any atom is 0.329 e. The maximum atomic E-state index is 15.0. The lowest BCUT2D eigenvalue weighted by atomic mass is 9.99. The predicted octanol–water partition coefficient (Wildman–Crippen LogP) is 5.16. The molecule has 0 fully saturated rings. The first-order valence-corrected chi connectivity index (χ1v) is 10.3. The van der Waals surface area contributed by atoms with E-state index < -0.39 is 36.6 Å². The normalized spacial score (nSPS) is 11.5. The van der Waals surface area contributed by atoms with Crippen LogP contribution in [0.25, 0.3) is 17.2 Å². The lowest BCUT2D eigenvalue weighted by molar-refractivity contribution is -0.127. The van der Waals surface area contributed by atoms with Crippen molar-refractivity contribution >= 4 is 23.9 Å². The molecule has 0 radical (unpaired) electrons. The number of benzene rings is 2. The van der Waals surface area contributed by atoms with Crippen molar-refractivity contribution in [2.45, 2.75) is 19.8 Å². The van der Waals surface area contributed by atoms with Crippen LogP contribution >= 0.6 is 11.9 Å². The SMILES string of the molecule is CCSNCC(F)(F)CN(/C=C/c1cccc(-c2cccc(C)c2F)c1F)C(=O)C#N. The average Bonchev–Trinajstić information content (AvgIpc) is 2.73. The first-order valence-electron chi connectivity index (χ1n) is 9.35. The smallest absolute Gasteiger partial charge is 0.300 e. The summed E-state index contributed by atoms with van der Waals surface area (Å²) in [6.07, 6.45) is 2.04. The molecule has 0 bridgehead atoms. The Balaban J connectivity index is 2.31. The number of aryl methyl sites for hydroxylation is 1. The van der Waals surface area contributed by atoms with Crippen molar-refractivity contribution in [3.05, 3.63) is 65.4 Å². The second-order valence-electron chi connectivity index (χ2n) is 6.62. The summed E-state index contributed by atoms with van der Waals surface area (Å²) in [5.41, 5.74) is 0.356. The Morgan fingerprint density at radius 2 is 1.84 bits per heavy atom. The molecule has 0 saturated heterocycles. The van der Waals surface area contributed by atoms with Crippen LogP contribution in [-0.2, 0) is 4.79 Å². The van der Waals surface area contributed by atoms with Crippen LogP contribution in [0.15, 0.2) is 42.6 Å². The molecule has 0 spiro atoms. The Labute approximate surface area is 182 Å². The second kappa shape index (κ2) is 11.0. The molecule has 0 aliphatic rings. The molecule has 2 aromatic rings. The van der Waals surface area contributed by atoms with Gasteiger partial charge in [0, 0.05) is 28.6 Å². The summed E-state index contributed by atoms with van der Waals surface area (Å²) >= 11 is 1.09. The van der Waals surface area contributed by atoms with Crippen molar-refractivity contribution < 1.29 is 22.4 Å². The number of carbonyl (C=O) groups excluding carboxylic acids is 1. The van der Waals surface area contributed by atoms with Gasteiger partial charge < -0.3 is 4.90 Å². The van der Waals surface area contributed by atoms with Gasteiger partial charge in [0.25, 0.3) is 5.92 Å². The van der Waals surface area contributed by atoms with Crippen LogP contribution in [0.2, 0.25) is 0 Å². The van der Waals surface area contributed by atoms with Crippen LogP contribution in [0.4, 0.5) is 17.6 Å². The molecule has 0 aliphatic heterocycles. The quantitative estimate of drug-likeness (QED) is 0.248. The molecule has 2 rings (SSSR count). The molecule has 2 aromatic carbocycles. The number of hydrogen-bond donors (Lipinski definition) is 1. The fourth-order valence-corrected chi connectivity index (χ4v) is 3.25. The molecule has 0 saturated carbocycles. The Morgan fingerprint density at radius 1 is 1.19 bits per heavy atom. The molecule has 0 unspecified atom stereocenters. The van der Waals surface area contributed by atoms with E-state index in [9.17, 15) is 22.4 Å². The van der Waals surface area contributed by atoms with Gasteiger partial charge in [-0.05, 0) is 18.6 Å². The lowest BCUT2D eigenvalue weighted by Crippen LogP contribution is -2.42. The third-order valence-corrected chi connectivity index (χ3v) is 4.92. The summed E-state index contributed by atoms with van der Waals surface area (Å²) in [6, 6.07) is 10.1. The van der Waals surface area contributed by atoms with E-state index in [0.29, 0.717) is 16.2 Å². The zero-order valence-electron chi connectivity index (χ0n) is 17.0. The molecule has 0 aromatic heterocycles. The number of alkyl halides is 2. The number of nitriles is 1. The largest absolute Gasteiger partial charge is 0.329 e. The third-order valence-electron chi connectivity index (χ3n) is 4.28. The summed E-state index contributed by atoms with van der Waals surface area (Å²) in [4.78, 5) is 12.3. The van der Waals surface area contributed by atoms with Crippen molar-refractivity contribution in [3.63, 3.8) is 0 Å². The molecule has 0 heterocycles. The van der Waals surface area contributed by atoms with Crippen LogP contribution in [0.3, 0.4) is 0 Å². The van der Waals surface area contributed by atoms with Crippen molar-refractivity contribution in [3.8, 4) is 17.2 Å². The molecule has 4 nitrogen and oxygen atoms in total. The molecule has 0 aliphatic carbocycles. The minimum atomic E-state index is -3.32. The first-order chi connectivity index (χ1) is 14.7. The van der Waals surface area contributed by atoms with Gasteiger partial charge in [0.05, 0.1) is 13.1 Å². The zero-order valence-corrected chi connectivity index (χ0v) is 17.8. The number of rotatable bonds is 9. The van der Waals surface area contributed by atoms with Crippen molar-refractivity contribution in [2.24, 2.45) is 0 Å². The van der Waals surface area contributed by atoms with Crippen LogP contribution in [0.1, 0.15) is 18.1 Å². The van der Waals surface area contributed by atoms with Gasteiger partial charge in [0.1, 0.15) is 11.6 Å². The minimum absolute atomic E-state index is 0.00682. The Bertz CT molecular complexity index is 1000. The van der Waals surface area contributed by atoms with E-state index in [1.165, 1.54) is 30.3 Å². The van der Waals surface area contributed by atoms with Gasteiger partial charge in [-0.15, -0.1) is 0 Å². The minimum Gasteiger partial charge on any atom is -0.300 e. The molecule has 31 heavy (non-hydrogen) atoms. The molecule has 1 N–H and O–H groups in total. The third kappa shape index (κ3) is 6.57. The Kier molecular flexibility index (Phi) is 8.65. The summed E-state index contributed by atoms with van der Waals surface area (Å²) < 4.78 is 60.2. The Morgan fingerprint density at radius 3 is 2.48 bits per heavy atom. The van der Waals surface area contributed by atoms with Gasteiger partial charge in [-0.2, -0.15) is 5.26 Å². The van der Waals surface area contributed by atoms with E-state index in [4.69, 9.17) is 5.26 Å². The first kappa shape index (κ1) is 24.4. The highest BCUT2D eigenvalue weighted by atomic mass is 32.2. The van der Waals surface area contributed by atoms with E-state index in [2.05, 4.69) is 4.72 Å². The van der Waals surface area contributed by atoms with E-state index in [1.54, 1.807) is 26.0 Å². The number of halogens is 4. The Hall–Kier alpha value is -2.83. The number of nitrogens with zero attached hydrogens (tertiary/aromatic N) is 2. The van der Waals surface area contributed by atoms with Gasteiger partial charge in [-0.25, -0.2) is 17.6 Å². The van der Waals surface area contributed by atoms with Gasteiger partial charge in [-0.3, -0.25) is 9.52 Å². The van der Waals surface area contributed by atoms with Gasteiger partial charge in [0.2, 0.25) is 0 Å². The van der Waals surface area contributed by atoms with E-state index >= 15 is 0 Å². The lowest BCUT2D eigenvalue weighted by Gasteiger charge is -2.23. The van der Waals surface area contributed by atoms with E-state index in [-0.39, 0.29) is 16.7 Å². The molecule has 9 heteroatoms. The molecule has 164 valence electrons. The standard InChI is InChI=1S/C22H21F4N3OS/c1-3-31-28-13-22(25,26)14-29(19(30)12-27)11-10-16-7-5-9-18(21(16)24)17-8-4-6-15(2)20(17)23/h4-11,28H,3,13-14H2,1-2H3/b11-10+. The van der Waals surface area contributed by atoms with Crippen LogP contribution in [0, 0.1) is 29.9 Å². The van der Waals surface area contributed by atoms with Crippen LogP contribution in [-0.4, -0.2) is 35.6 Å². The summed E-state index contributed by atoms with van der Waals surface area (Å²) in [6.45, 7) is 1.58. The average molecular weight is 451 g/mol. The van der Waals surface area contributed by atoms with Crippen molar-refractivity contribution in [1.29, 1.82) is 5.26 Å². The van der Waals surface area contributed by atoms with Crippen LogP contribution < -0.4 is 4.72 Å². The highest BCUT2D eigenvalue weighted by molar-refractivity contribution is 7.97. The molecule has 1 amide bonds. The topological polar surface area (TPSA) is 56.1 Å². The highest BCUT2D eigenvalue weighted by Gasteiger charge is 2.32. The summed E-state index contributed by atoms with van der Waals surface area (Å²) in [7, 11) is 0.